The first-order valence-electron chi connectivity index (χ1n) is 12.0. The van der Waals surface area contributed by atoms with Crippen LogP contribution in [-0.4, -0.2) is 60.5 Å². The number of aromatic nitrogens is 2. The van der Waals surface area contributed by atoms with E-state index in [2.05, 4.69) is 4.57 Å². The van der Waals surface area contributed by atoms with E-state index in [0.717, 1.165) is 23.7 Å². The van der Waals surface area contributed by atoms with Gasteiger partial charge in [-0.25, -0.2) is 4.39 Å². The van der Waals surface area contributed by atoms with E-state index in [9.17, 15) is 14.0 Å². The Morgan fingerprint density at radius 1 is 1.00 bits per heavy atom. The third kappa shape index (κ3) is 3.62. The minimum Gasteiger partial charge on any atom is -0.493 e. The number of hydrogen-bond acceptors (Lipinski definition) is 5. The van der Waals surface area contributed by atoms with Gasteiger partial charge in [0.15, 0.2) is 11.5 Å². The summed E-state index contributed by atoms with van der Waals surface area (Å²) < 4.78 is 34.6. The van der Waals surface area contributed by atoms with Gasteiger partial charge in [0.2, 0.25) is 0 Å². The minimum atomic E-state index is -0.446. The number of carbonyl (C=O) groups is 1. The number of methoxy groups -OCH3 is 2. The molecule has 0 bridgehead atoms. The molecule has 2 aromatic carbocycles. The van der Waals surface area contributed by atoms with Gasteiger partial charge in [-0.2, -0.15) is 0 Å². The van der Waals surface area contributed by atoms with Gasteiger partial charge in [0.1, 0.15) is 5.82 Å². The molecule has 0 unspecified atom stereocenters. The van der Waals surface area contributed by atoms with Crippen LogP contribution in [0.2, 0.25) is 0 Å². The zero-order chi connectivity index (χ0) is 25.0. The standard InChI is InChI=1S/C27H26FN3O5/c1-34-24-13-19-20(14-25(24)35-2)27(33)31(15-21(19)26(32)29-7-9-36-10-8-29)23-12-16(28)11-22-18(23)5-6-30(22)17-3-4-17/h5-6,11-15,17H,3-4,7-10H2,1-2H3. The van der Waals surface area contributed by atoms with Crippen LogP contribution in [0.5, 0.6) is 11.5 Å². The van der Waals surface area contributed by atoms with Crippen molar-refractivity contribution < 1.29 is 23.4 Å². The van der Waals surface area contributed by atoms with Crippen molar-refractivity contribution in [1.82, 2.24) is 14.0 Å². The normalized spacial score (nSPS) is 16.0. The lowest BCUT2D eigenvalue weighted by Gasteiger charge is -2.27. The van der Waals surface area contributed by atoms with Crippen molar-refractivity contribution in [3.63, 3.8) is 0 Å². The number of rotatable bonds is 5. The number of hydrogen-bond donors (Lipinski definition) is 0. The number of ether oxygens (including phenoxy) is 3. The lowest BCUT2D eigenvalue weighted by molar-refractivity contribution is 0.0304. The van der Waals surface area contributed by atoms with Crippen molar-refractivity contribution in [3.8, 4) is 17.2 Å². The second-order valence-electron chi connectivity index (χ2n) is 9.19. The molecule has 1 aliphatic carbocycles. The fraction of sp³-hybridized carbons (Fsp3) is 0.333. The highest BCUT2D eigenvalue weighted by atomic mass is 19.1. The first-order valence-corrected chi connectivity index (χ1v) is 12.0. The summed E-state index contributed by atoms with van der Waals surface area (Å²) in [6.45, 7) is 1.78. The maximum Gasteiger partial charge on any atom is 0.263 e. The van der Waals surface area contributed by atoms with Gasteiger partial charge < -0.3 is 23.7 Å². The third-order valence-electron chi connectivity index (χ3n) is 7.03. The Morgan fingerprint density at radius 2 is 1.69 bits per heavy atom. The predicted octanol–water partition coefficient (Wildman–Crippen LogP) is 3.91. The average Bonchev–Trinajstić information content (AvgIpc) is 3.66. The van der Waals surface area contributed by atoms with Crippen LogP contribution in [0.1, 0.15) is 29.2 Å². The van der Waals surface area contributed by atoms with E-state index < -0.39 is 5.82 Å². The second kappa shape index (κ2) is 8.67. The van der Waals surface area contributed by atoms with Gasteiger partial charge in [0.05, 0.1) is 49.6 Å². The summed E-state index contributed by atoms with van der Waals surface area (Å²) >= 11 is 0. The summed E-state index contributed by atoms with van der Waals surface area (Å²) in [5.74, 6) is 0.104. The molecular weight excluding hydrogens is 465 g/mol. The summed E-state index contributed by atoms with van der Waals surface area (Å²) in [5, 5.41) is 1.48. The van der Waals surface area contributed by atoms with Crippen LogP contribution in [0.3, 0.4) is 0 Å². The van der Waals surface area contributed by atoms with Gasteiger partial charge in [-0.15, -0.1) is 0 Å². The molecule has 1 aliphatic heterocycles. The molecule has 3 heterocycles. The zero-order valence-electron chi connectivity index (χ0n) is 20.1. The number of fused-ring (bicyclic) bond motifs is 2. The molecule has 0 spiro atoms. The summed E-state index contributed by atoms with van der Waals surface area (Å²) in [6.07, 6.45) is 5.55. The third-order valence-corrected chi connectivity index (χ3v) is 7.03. The first kappa shape index (κ1) is 22.6. The Balaban J connectivity index is 1.64. The number of benzene rings is 2. The van der Waals surface area contributed by atoms with Crippen molar-refractivity contribution in [2.24, 2.45) is 0 Å². The van der Waals surface area contributed by atoms with Crippen LogP contribution in [0, 0.1) is 5.82 Å². The summed E-state index contributed by atoms with van der Waals surface area (Å²) in [6, 6.07) is 8.32. The van der Waals surface area contributed by atoms with Crippen LogP contribution in [0.25, 0.3) is 27.4 Å². The molecule has 4 aromatic rings. The van der Waals surface area contributed by atoms with E-state index in [-0.39, 0.29) is 16.9 Å². The van der Waals surface area contributed by atoms with Crippen molar-refractivity contribution in [2.75, 3.05) is 40.5 Å². The second-order valence-corrected chi connectivity index (χ2v) is 9.19. The molecule has 2 aromatic heterocycles. The van der Waals surface area contributed by atoms with Gasteiger partial charge >= 0.3 is 0 Å². The van der Waals surface area contributed by atoms with Gasteiger partial charge in [0, 0.05) is 42.3 Å². The Kier molecular flexibility index (Phi) is 5.44. The zero-order valence-corrected chi connectivity index (χ0v) is 20.1. The van der Waals surface area contributed by atoms with Gasteiger partial charge in [0.25, 0.3) is 11.5 Å². The van der Waals surface area contributed by atoms with Gasteiger partial charge in [-0.1, -0.05) is 0 Å². The topological polar surface area (TPSA) is 74.9 Å². The van der Waals surface area contributed by atoms with Crippen LogP contribution >= 0.6 is 0 Å². The molecule has 0 atom stereocenters. The fourth-order valence-electron chi connectivity index (χ4n) is 5.03. The molecule has 2 fully saturated rings. The first-order chi connectivity index (χ1) is 17.5. The molecule has 1 saturated carbocycles. The largest absolute Gasteiger partial charge is 0.493 e. The Bertz CT molecular complexity index is 1560. The Labute approximate surface area is 206 Å². The lowest BCUT2D eigenvalue weighted by Crippen LogP contribution is -2.41. The quantitative estimate of drug-likeness (QED) is 0.423. The highest BCUT2D eigenvalue weighted by molar-refractivity contribution is 6.07. The van der Waals surface area contributed by atoms with Gasteiger partial charge in [-0.05, 0) is 43.2 Å². The van der Waals surface area contributed by atoms with E-state index in [1.165, 1.54) is 37.1 Å². The summed E-state index contributed by atoms with van der Waals surface area (Å²) in [4.78, 5) is 29.3. The molecule has 0 N–H and O–H groups in total. The van der Waals surface area contributed by atoms with Crippen LogP contribution in [-0.2, 0) is 4.74 Å². The molecule has 1 amide bonds. The van der Waals surface area contributed by atoms with Gasteiger partial charge in [-0.3, -0.25) is 14.2 Å². The highest BCUT2D eigenvalue weighted by Crippen LogP contribution is 2.39. The SMILES string of the molecule is COc1cc2c(C(=O)N3CCOCC3)cn(-c3cc(F)cc4c3ccn4C3CC3)c(=O)c2cc1OC. The maximum atomic E-state index is 14.9. The van der Waals surface area contributed by atoms with E-state index in [1.54, 1.807) is 17.0 Å². The average molecular weight is 492 g/mol. The number of carbonyl (C=O) groups excluding carboxylic acids is 1. The maximum absolute atomic E-state index is 14.9. The smallest absolute Gasteiger partial charge is 0.263 e. The number of pyridine rings is 1. The van der Waals surface area contributed by atoms with E-state index in [1.807, 2.05) is 12.3 Å². The molecular formula is C27H26FN3O5. The fourth-order valence-corrected chi connectivity index (χ4v) is 5.03. The molecule has 0 radical (unpaired) electrons. The molecule has 36 heavy (non-hydrogen) atoms. The molecule has 9 heteroatoms. The van der Waals surface area contributed by atoms with Crippen molar-refractivity contribution >= 4 is 27.6 Å². The molecule has 186 valence electrons. The molecule has 8 nitrogen and oxygen atoms in total. The van der Waals surface area contributed by atoms with Crippen LogP contribution in [0.15, 0.2) is 47.5 Å². The molecule has 6 rings (SSSR count). The number of morpholine rings is 1. The van der Waals surface area contributed by atoms with E-state index >= 15 is 0 Å². The summed E-state index contributed by atoms with van der Waals surface area (Å²) in [7, 11) is 2.99. The number of amides is 1. The van der Waals surface area contributed by atoms with Crippen molar-refractivity contribution in [1.29, 1.82) is 0 Å². The van der Waals surface area contributed by atoms with Crippen molar-refractivity contribution in [3.05, 3.63) is 64.5 Å². The lowest BCUT2D eigenvalue weighted by atomic mass is 10.0. The van der Waals surface area contributed by atoms with E-state index in [0.29, 0.717) is 60.5 Å². The highest BCUT2D eigenvalue weighted by Gasteiger charge is 2.27. The summed E-state index contributed by atoms with van der Waals surface area (Å²) in [5.41, 5.74) is 1.07. The predicted molar refractivity (Wildman–Crippen MR) is 133 cm³/mol. The minimum absolute atomic E-state index is 0.229. The van der Waals surface area contributed by atoms with E-state index in [4.69, 9.17) is 14.2 Å². The Morgan fingerprint density at radius 3 is 2.36 bits per heavy atom. The van der Waals surface area contributed by atoms with Crippen molar-refractivity contribution in [2.45, 2.75) is 18.9 Å². The molecule has 2 aliphatic rings. The van der Waals surface area contributed by atoms with Crippen LogP contribution in [0.4, 0.5) is 4.39 Å². The monoisotopic (exact) mass is 491 g/mol. The number of halogens is 1. The molecule has 1 saturated heterocycles. The number of nitrogens with zero attached hydrogens (tertiary/aromatic N) is 3. The Hall–Kier alpha value is -3.85. The van der Waals surface area contributed by atoms with Crippen LogP contribution < -0.4 is 15.0 Å².